The molecule has 31 heavy (non-hydrogen) atoms. The molecule has 162 valence electrons. The Kier molecular flexibility index (Phi) is 6.02. The van der Waals surface area contributed by atoms with Crippen molar-refractivity contribution < 1.29 is 14.4 Å². The third-order valence-corrected chi connectivity index (χ3v) is 6.42. The van der Waals surface area contributed by atoms with Crippen LogP contribution in [0.15, 0.2) is 48.8 Å². The van der Waals surface area contributed by atoms with E-state index in [1.807, 2.05) is 17.0 Å². The Morgan fingerprint density at radius 1 is 1.06 bits per heavy atom. The lowest BCUT2D eigenvalue weighted by Gasteiger charge is -2.36. The number of benzene rings is 1. The lowest BCUT2D eigenvalue weighted by Crippen LogP contribution is -2.51. The van der Waals surface area contributed by atoms with Gasteiger partial charge in [-0.25, -0.2) is 4.79 Å². The fourth-order valence-electron chi connectivity index (χ4n) is 4.52. The number of hydrogen-bond donors (Lipinski definition) is 2. The molecule has 0 atom stereocenters. The average molecular weight is 421 g/mol. The minimum Gasteiger partial charge on any atom is -0.334 e. The van der Waals surface area contributed by atoms with Crippen molar-refractivity contribution in [3.63, 3.8) is 0 Å². The Bertz CT molecular complexity index is 951. The van der Waals surface area contributed by atoms with Gasteiger partial charge < -0.3 is 10.2 Å². The molecule has 2 aliphatic rings. The summed E-state index contributed by atoms with van der Waals surface area (Å²) >= 11 is 0. The van der Waals surface area contributed by atoms with Crippen LogP contribution < -0.4 is 10.6 Å². The number of hydrogen-bond acceptors (Lipinski definition) is 4. The zero-order valence-corrected chi connectivity index (χ0v) is 17.8. The van der Waals surface area contributed by atoms with Crippen LogP contribution in [-0.4, -0.2) is 33.3 Å². The van der Waals surface area contributed by atoms with Crippen molar-refractivity contribution in [3.05, 3.63) is 65.5 Å². The molecule has 1 aromatic heterocycles. The number of nitrogens with zero attached hydrogens (tertiary/aromatic N) is 2. The number of imide groups is 1. The molecule has 0 unspecified atom stereocenters. The van der Waals surface area contributed by atoms with Gasteiger partial charge in [-0.3, -0.25) is 19.9 Å². The molecule has 7 heteroatoms. The fraction of sp³-hybridized carbons (Fsp3) is 0.417. The molecule has 7 nitrogen and oxygen atoms in total. The standard InChI is InChI=1S/C24H28N4O3/c1-2-17-5-7-18(8-6-17)15-28(16-19-4-3-13-25-14-19)21(29)20-9-11-24(12-10-20)22(30)26-23(31)27-24/h3-8,13-14,20H,2,9-12,15-16H2,1H3,(H2,26,27,30,31). The molecule has 1 saturated carbocycles. The lowest BCUT2D eigenvalue weighted by molar-refractivity contribution is -0.139. The van der Waals surface area contributed by atoms with Crippen LogP contribution >= 0.6 is 0 Å². The third-order valence-electron chi connectivity index (χ3n) is 6.42. The molecule has 1 saturated heterocycles. The summed E-state index contributed by atoms with van der Waals surface area (Å²) in [6.45, 7) is 3.13. The van der Waals surface area contributed by atoms with E-state index >= 15 is 0 Å². The number of nitrogens with one attached hydrogen (secondary N) is 2. The van der Waals surface area contributed by atoms with Gasteiger partial charge in [0, 0.05) is 31.4 Å². The molecule has 1 aliphatic heterocycles. The van der Waals surface area contributed by atoms with E-state index < -0.39 is 11.6 Å². The van der Waals surface area contributed by atoms with Gasteiger partial charge in [0.05, 0.1) is 0 Å². The highest BCUT2D eigenvalue weighted by Crippen LogP contribution is 2.35. The van der Waals surface area contributed by atoms with Gasteiger partial charge in [-0.15, -0.1) is 0 Å². The highest BCUT2D eigenvalue weighted by atomic mass is 16.2. The van der Waals surface area contributed by atoms with E-state index in [2.05, 4.69) is 46.8 Å². The first-order valence-corrected chi connectivity index (χ1v) is 10.9. The van der Waals surface area contributed by atoms with E-state index in [4.69, 9.17) is 0 Å². The van der Waals surface area contributed by atoms with Crippen molar-refractivity contribution in [1.82, 2.24) is 20.5 Å². The molecule has 4 amide bonds. The molecule has 1 aliphatic carbocycles. The molecule has 4 rings (SSSR count). The molecular formula is C24H28N4O3. The topological polar surface area (TPSA) is 91.4 Å². The van der Waals surface area contributed by atoms with E-state index in [-0.39, 0.29) is 17.7 Å². The second-order valence-electron chi connectivity index (χ2n) is 8.49. The zero-order valence-electron chi connectivity index (χ0n) is 17.8. The number of aromatic nitrogens is 1. The highest BCUT2D eigenvalue weighted by molar-refractivity contribution is 6.07. The highest BCUT2D eigenvalue weighted by Gasteiger charge is 2.49. The number of pyridine rings is 1. The minimum atomic E-state index is -0.849. The quantitative estimate of drug-likeness (QED) is 0.703. The van der Waals surface area contributed by atoms with E-state index in [9.17, 15) is 14.4 Å². The van der Waals surface area contributed by atoms with Crippen molar-refractivity contribution in [2.24, 2.45) is 5.92 Å². The van der Waals surface area contributed by atoms with Gasteiger partial charge in [-0.05, 0) is 54.9 Å². The molecular weight excluding hydrogens is 392 g/mol. The normalized spacial score (nSPS) is 22.8. The van der Waals surface area contributed by atoms with Crippen LogP contribution in [0.4, 0.5) is 4.79 Å². The SMILES string of the molecule is CCc1ccc(CN(Cc2cccnc2)C(=O)C2CCC3(CC2)NC(=O)NC3=O)cc1. The summed E-state index contributed by atoms with van der Waals surface area (Å²) in [5, 5.41) is 5.09. The number of carbonyl (C=O) groups is 3. The molecule has 0 radical (unpaired) electrons. The first kappa shape index (κ1) is 21.0. The second-order valence-corrected chi connectivity index (χ2v) is 8.49. The monoisotopic (exact) mass is 420 g/mol. The fourth-order valence-corrected chi connectivity index (χ4v) is 4.52. The Morgan fingerprint density at radius 2 is 1.74 bits per heavy atom. The van der Waals surface area contributed by atoms with Gasteiger partial charge in [0.25, 0.3) is 5.91 Å². The molecule has 2 N–H and O–H groups in total. The molecule has 2 heterocycles. The predicted octanol–water partition coefficient (Wildman–Crippen LogP) is 2.94. The van der Waals surface area contributed by atoms with Crippen molar-refractivity contribution in [2.75, 3.05) is 0 Å². The van der Waals surface area contributed by atoms with E-state index in [0.717, 1.165) is 17.5 Å². The van der Waals surface area contributed by atoms with Crippen LogP contribution in [0.2, 0.25) is 0 Å². The number of rotatable bonds is 6. The minimum absolute atomic E-state index is 0.0861. The van der Waals surface area contributed by atoms with Crippen LogP contribution in [0, 0.1) is 5.92 Å². The molecule has 2 fully saturated rings. The van der Waals surface area contributed by atoms with Gasteiger partial charge in [-0.2, -0.15) is 0 Å². The predicted molar refractivity (Wildman–Crippen MR) is 116 cm³/mol. The Balaban J connectivity index is 1.48. The lowest BCUT2D eigenvalue weighted by atomic mass is 9.76. The molecule has 0 bridgehead atoms. The van der Waals surface area contributed by atoms with Crippen LogP contribution in [0.5, 0.6) is 0 Å². The zero-order chi connectivity index (χ0) is 21.8. The molecule has 2 aromatic rings. The van der Waals surface area contributed by atoms with Crippen LogP contribution in [0.1, 0.15) is 49.3 Å². The second kappa shape index (κ2) is 8.88. The van der Waals surface area contributed by atoms with Gasteiger partial charge >= 0.3 is 6.03 Å². The summed E-state index contributed by atoms with van der Waals surface area (Å²) in [4.78, 5) is 43.3. The van der Waals surface area contributed by atoms with Crippen molar-refractivity contribution in [1.29, 1.82) is 0 Å². The van der Waals surface area contributed by atoms with E-state index in [1.165, 1.54) is 5.56 Å². The Morgan fingerprint density at radius 3 is 2.32 bits per heavy atom. The smallest absolute Gasteiger partial charge is 0.322 e. The summed E-state index contributed by atoms with van der Waals surface area (Å²) in [6.07, 6.45) is 6.59. The number of aryl methyl sites for hydroxylation is 1. The summed E-state index contributed by atoms with van der Waals surface area (Å²) in [5.74, 6) is -0.350. The van der Waals surface area contributed by atoms with Gasteiger partial charge in [0.1, 0.15) is 5.54 Å². The first-order chi connectivity index (χ1) is 15.0. The summed E-state index contributed by atoms with van der Waals surface area (Å²) in [6, 6.07) is 11.8. The van der Waals surface area contributed by atoms with Gasteiger partial charge in [0.2, 0.25) is 5.91 Å². The largest absolute Gasteiger partial charge is 0.334 e. The number of urea groups is 1. The maximum absolute atomic E-state index is 13.5. The Hall–Kier alpha value is -3.22. The van der Waals surface area contributed by atoms with E-state index in [0.29, 0.717) is 38.8 Å². The number of amides is 4. The third kappa shape index (κ3) is 4.60. The van der Waals surface area contributed by atoms with Crippen molar-refractivity contribution in [2.45, 2.75) is 57.7 Å². The van der Waals surface area contributed by atoms with Gasteiger partial charge in [-0.1, -0.05) is 37.3 Å². The van der Waals surface area contributed by atoms with Crippen LogP contribution in [0.3, 0.4) is 0 Å². The first-order valence-electron chi connectivity index (χ1n) is 10.9. The van der Waals surface area contributed by atoms with Gasteiger partial charge in [0.15, 0.2) is 0 Å². The summed E-state index contributed by atoms with van der Waals surface area (Å²) in [7, 11) is 0. The maximum atomic E-state index is 13.5. The van der Waals surface area contributed by atoms with Crippen molar-refractivity contribution >= 4 is 17.8 Å². The van der Waals surface area contributed by atoms with E-state index in [1.54, 1.807) is 12.4 Å². The maximum Gasteiger partial charge on any atom is 0.322 e. The number of carbonyl (C=O) groups excluding carboxylic acids is 3. The van der Waals surface area contributed by atoms with Crippen molar-refractivity contribution in [3.8, 4) is 0 Å². The molecule has 1 spiro atoms. The van der Waals surface area contributed by atoms with Crippen LogP contribution in [0.25, 0.3) is 0 Å². The van der Waals surface area contributed by atoms with Crippen LogP contribution in [-0.2, 0) is 29.1 Å². The summed E-state index contributed by atoms with van der Waals surface area (Å²) in [5.41, 5.74) is 2.49. The average Bonchev–Trinajstić information content (AvgIpc) is 3.06. The Labute approximate surface area is 182 Å². The summed E-state index contributed by atoms with van der Waals surface area (Å²) < 4.78 is 0. The molecule has 1 aromatic carbocycles.